The number of hydrogen-bond acceptors (Lipinski definition) is 4. The molecule has 1 aliphatic rings. The molecule has 0 radical (unpaired) electrons. The lowest BCUT2D eigenvalue weighted by Crippen LogP contribution is -2.33. The van der Waals surface area contributed by atoms with Gasteiger partial charge in [-0.05, 0) is 54.8 Å². The van der Waals surface area contributed by atoms with Gasteiger partial charge in [0.05, 0.1) is 12.5 Å². The van der Waals surface area contributed by atoms with Gasteiger partial charge in [-0.15, -0.1) is 10.2 Å². The van der Waals surface area contributed by atoms with Crippen LogP contribution in [-0.4, -0.2) is 26.9 Å². The Morgan fingerprint density at radius 3 is 2.50 bits per heavy atom. The Morgan fingerprint density at radius 1 is 1.13 bits per heavy atom. The summed E-state index contributed by atoms with van der Waals surface area (Å²) in [7, 11) is 0. The highest BCUT2D eigenvalue weighted by atomic mass is 32.2. The van der Waals surface area contributed by atoms with Crippen LogP contribution >= 0.6 is 11.8 Å². The quantitative estimate of drug-likeness (QED) is 0.558. The van der Waals surface area contributed by atoms with E-state index in [0.717, 1.165) is 24.1 Å². The predicted molar refractivity (Wildman–Crippen MR) is 116 cm³/mol. The molecule has 0 unspecified atom stereocenters. The van der Waals surface area contributed by atoms with E-state index in [9.17, 15) is 9.18 Å². The molecule has 3 aromatic rings. The fourth-order valence-corrected chi connectivity index (χ4v) is 4.78. The first-order valence-electron chi connectivity index (χ1n) is 10.2. The predicted octanol–water partition coefficient (Wildman–Crippen LogP) is 4.72. The van der Waals surface area contributed by atoms with E-state index < -0.39 is 0 Å². The number of benzene rings is 2. The average Bonchev–Trinajstić information content (AvgIpc) is 3.44. The molecule has 1 heterocycles. The van der Waals surface area contributed by atoms with Crippen molar-refractivity contribution in [3.05, 3.63) is 71.8 Å². The van der Waals surface area contributed by atoms with Crippen LogP contribution in [0.1, 0.15) is 43.0 Å². The van der Waals surface area contributed by atoms with Gasteiger partial charge in [-0.25, -0.2) is 4.39 Å². The Bertz CT molecular complexity index is 984. The van der Waals surface area contributed by atoms with Crippen LogP contribution in [0.2, 0.25) is 0 Å². The number of carbonyl (C=O) groups excluding carboxylic acids is 1. The Hall–Kier alpha value is -2.67. The first-order chi connectivity index (χ1) is 14.7. The molecular formula is C23H25FN4OS. The van der Waals surface area contributed by atoms with Crippen LogP contribution in [0.5, 0.6) is 0 Å². The molecular weight excluding hydrogens is 399 g/mol. The number of aromatic nitrogens is 3. The third-order valence-corrected chi connectivity index (χ3v) is 6.33. The van der Waals surface area contributed by atoms with Gasteiger partial charge in [0.2, 0.25) is 5.91 Å². The van der Waals surface area contributed by atoms with Gasteiger partial charge in [0.1, 0.15) is 5.82 Å². The van der Waals surface area contributed by atoms with Crippen molar-refractivity contribution in [2.75, 3.05) is 6.26 Å². The Labute approximate surface area is 180 Å². The number of nitrogens with zero attached hydrogens (tertiary/aromatic N) is 3. The lowest BCUT2D eigenvalue weighted by Gasteiger charge is -2.23. The standard InChI is InChI=1S/C23H25FN4OS/c1-30-23-27-26-20(28(23)19-13-11-18(24)12-14-19)15-25-22(29)21(17-9-5-6-10-17)16-7-3-2-4-8-16/h2-4,7-8,11-14,17,21H,5-6,9-10,15H2,1H3,(H,25,29)/t21-/m0/s1. The van der Waals surface area contributed by atoms with Gasteiger partial charge in [-0.3, -0.25) is 9.36 Å². The van der Waals surface area contributed by atoms with Crippen LogP contribution in [-0.2, 0) is 11.3 Å². The molecule has 7 heteroatoms. The Morgan fingerprint density at radius 2 is 1.83 bits per heavy atom. The number of thioether (sulfide) groups is 1. The number of nitrogens with one attached hydrogen (secondary N) is 1. The van der Waals surface area contributed by atoms with E-state index in [4.69, 9.17) is 0 Å². The Kier molecular flexibility index (Phi) is 6.47. The van der Waals surface area contributed by atoms with Crippen molar-refractivity contribution in [1.82, 2.24) is 20.1 Å². The fourth-order valence-electron chi connectivity index (χ4n) is 4.26. The molecule has 1 N–H and O–H groups in total. The lowest BCUT2D eigenvalue weighted by molar-refractivity contribution is -0.124. The van der Waals surface area contributed by atoms with Crippen molar-refractivity contribution < 1.29 is 9.18 Å². The summed E-state index contributed by atoms with van der Waals surface area (Å²) in [5.74, 6) is 0.555. The van der Waals surface area contributed by atoms with Crippen LogP contribution in [0.4, 0.5) is 4.39 Å². The van der Waals surface area contributed by atoms with Crippen molar-refractivity contribution in [2.24, 2.45) is 5.92 Å². The van der Waals surface area contributed by atoms with Crippen LogP contribution in [0.15, 0.2) is 59.8 Å². The zero-order chi connectivity index (χ0) is 20.9. The summed E-state index contributed by atoms with van der Waals surface area (Å²) in [4.78, 5) is 13.2. The SMILES string of the molecule is CSc1nnc(CNC(=O)[C@@H](c2ccccc2)C2CCCC2)n1-c1ccc(F)cc1. The van der Waals surface area contributed by atoms with E-state index >= 15 is 0 Å². The lowest BCUT2D eigenvalue weighted by atomic mass is 9.84. The van der Waals surface area contributed by atoms with Crippen LogP contribution in [0.3, 0.4) is 0 Å². The van der Waals surface area contributed by atoms with Crippen LogP contribution < -0.4 is 5.32 Å². The largest absolute Gasteiger partial charge is 0.348 e. The summed E-state index contributed by atoms with van der Waals surface area (Å²) in [6.45, 7) is 0.264. The maximum absolute atomic E-state index is 13.4. The first-order valence-corrected chi connectivity index (χ1v) is 11.5. The van der Waals surface area contributed by atoms with Crippen LogP contribution in [0, 0.1) is 11.7 Å². The number of hydrogen-bond donors (Lipinski definition) is 1. The van der Waals surface area contributed by atoms with Gasteiger partial charge in [0, 0.05) is 5.69 Å². The summed E-state index contributed by atoms with van der Waals surface area (Å²) >= 11 is 1.46. The van der Waals surface area contributed by atoms with Gasteiger partial charge in [-0.1, -0.05) is 54.9 Å². The molecule has 5 nitrogen and oxygen atoms in total. The molecule has 1 saturated carbocycles. The van der Waals surface area contributed by atoms with Gasteiger partial charge in [0.25, 0.3) is 0 Å². The molecule has 156 valence electrons. The molecule has 1 atom stereocenters. The minimum absolute atomic E-state index is 0.0208. The Balaban J connectivity index is 1.55. The highest BCUT2D eigenvalue weighted by Crippen LogP contribution is 2.37. The van der Waals surface area contributed by atoms with E-state index in [1.165, 1.54) is 36.7 Å². The molecule has 1 fully saturated rings. The second kappa shape index (κ2) is 9.43. The molecule has 1 aromatic heterocycles. The topological polar surface area (TPSA) is 59.8 Å². The van der Waals surface area contributed by atoms with Crippen molar-refractivity contribution in [2.45, 2.75) is 43.3 Å². The molecule has 4 rings (SSSR count). The average molecular weight is 425 g/mol. The van der Waals surface area contributed by atoms with Crippen molar-refractivity contribution in [3.8, 4) is 5.69 Å². The van der Waals surface area contributed by atoms with Gasteiger partial charge >= 0.3 is 0 Å². The molecule has 0 spiro atoms. The molecule has 1 amide bonds. The molecule has 0 bridgehead atoms. The van der Waals surface area contributed by atoms with Crippen molar-refractivity contribution in [3.63, 3.8) is 0 Å². The summed E-state index contributed by atoms with van der Waals surface area (Å²) in [6.07, 6.45) is 6.43. The number of carbonyl (C=O) groups is 1. The highest BCUT2D eigenvalue weighted by molar-refractivity contribution is 7.98. The van der Waals surface area contributed by atoms with Gasteiger partial charge in [-0.2, -0.15) is 0 Å². The monoisotopic (exact) mass is 424 g/mol. The fraction of sp³-hybridized carbons (Fsp3) is 0.348. The minimum atomic E-state index is -0.297. The molecule has 0 saturated heterocycles. The molecule has 1 aliphatic carbocycles. The number of halogens is 1. The van der Waals surface area contributed by atoms with E-state index in [0.29, 0.717) is 16.9 Å². The number of amides is 1. The summed E-state index contributed by atoms with van der Waals surface area (Å²) in [5, 5.41) is 12.3. The third kappa shape index (κ3) is 4.41. The highest BCUT2D eigenvalue weighted by Gasteiger charge is 2.32. The molecule has 2 aromatic carbocycles. The van der Waals surface area contributed by atoms with Crippen molar-refractivity contribution >= 4 is 17.7 Å². The zero-order valence-corrected chi connectivity index (χ0v) is 17.7. The summed E-state index contributed by atoms with van der Waals surface area (Å²) in [5.41, 5.74) is 1.83. The summed E-state index contributed by atoms with van der Waals surface area (Å²) in [6, 6.07) is 16.2. The van der Waals surface area contributed by atoms with Gasteiger partial charge < -0.3 is 5.32 Å². The van der Waals surface area contributed by atoms with Gasteiger partial charge in [0.15, 0.2) is 11.0 Å². The number of rotatable bonds is 7. The first kappa shape index (κ1) is 20.6. The van der Waals surface area contributed by atoms with E-state index in [-0.39, 0.29) is 24.2 Å². The maximum atomic E-state index is 13.4. The molecule has 0 aliphatic heterocycles. The van der Waals surface area contributed by atoms with Crippen molar-refractivity contribution in [1.29, 1.82) is 0 Å². The summed E-state index contributed by atoms with van der Waals surface area (Å²) < 4.78 is 15.2. The molecule has 30 heavy (non-hydrogen) atoms. The maximum Gasteiger partial charge on any atom is 0.228 e. The smallest absolute Gasteiger partial charge is 0.228 e. The van der Waals surface area contributed by atoms with E-state index in [1.54, 1.807) is 12.1 Å². The second-order valence-electron chi connectivity index (χ2n) is 7.57. The van der Waals surface area contributed by atoms with E-state index in [1.807, 2.05) is 41.2 Å². The zero-order valence-electron chi connectivity index (χ0n) is 16.9. The van der Waals surface area contributed by atoms with Crippen LogP contribution in [0.25, 0.3) is 5.69 Å². The normalized spacial score (nSPS) is 15.3. The third-order valence-electron chi connectivity index (χ3n) is 5.70. The van der Waals surface area contributed by atoms with E-state index in [2.05, 4.69) is 15.5 Å². The minimum Gasteiger partial charge on any atom is -0.348 e. The second-order valence-corrected chi connectivity index (χ2v) is 8.34.